The first-order valence-corrected chi connectivity index (χ1v) is 13.0. The van der Waals surface area contributed by atoms with Crippen LogP contribution in [-0.4, -0.2) is 73.7 Å². The number of carbonyl (C=O) groups is 1. The molecule has 4 rings (SSSR count). The van der Waals surface area contributed by atoms with Crippen molar-refractivity contribution in [1.82, 2.24) is 14.1 Å². The molecule has 1 amide bonds. The lowest BCUT2D eigenvalue weighted by atomic mass is 9.96. The highest BCUT2D eigenvalue weighted by Crippen LogP contribution is 2.31. The summed E-state index contributed by atoms with van der Waals surface area (Å²) >= 11 is 12.1. The third kappa shape index (κ3) is 4.65. The molecule has 0 unspecified atom stereocenters. The van der Waals surface area contributed by atoms with E-state index in [2.05, 4.69) is 4.90 Å². The van der Waals surface area contributed by atoms with E-state index in [0.29, 0.717) is 37.0 Å². The number of piperidine rings is 1. The van der Waals surface area contributed by atoms with E-state index in [0.717, 1.165) is 26.2 Å². The van der Waals surface area contributed by atoms with Crippen LogP contribution in [-0.2, 0) is 14.8 Å². The number of hydrogen-bond acceptors (Lipinski definition) is 4. The van der Waals surface area contributed by atoms with Gasteiger partial charge in [-0.25, -0.2) is 8.42 Å². The van der Waals surface area contributed by atoms with Gasteiger partial charge in [-0.15, -0.1) is 0 Å². The fraction of sp³-hybridized carbons (Fsp3) is 0.667. The monoisotopic (exact) mass is 473 g/mol. The van der Waals surface area contributed by atoms with Gasteiger partial charge in [-0.2, -0.15) is 4.31 Å². The predicted molar refractivity (Wildman–Crippen MR) is 118 cm³/mol. The minimum absolute atomic E-state index is 0.0319. The van der Waals surface area contributed by atoms with E-state index in [1.54, 1.807) is 6.07 Å². The Morgan fingerprint density at radius 1 is 0.900 bits per heavy atom. The maximum atomic E-state index is 13.0. The molecule has 6 nitrogen and oxygen atoms in total. The highest BCUT2D eigenvalue weighted by Gasteiger charge is 2.36. The lowest BCUT2D eigenvalue weighted by molar-refractivity contribution is -0.138. The van der Waals surface area contributed by atoms with Crippen molar-refractivity contribution in [2.45, 2.75) is 49.5 Å². The molecule has 1 aromatic rings. The van der Waals surface area contributed by atoms with E-state index in [-0.39, 0.29) is 21.7 Å². The Bertz CT molecular complexity index is 873. The average Bonchev–Trinajstić information content (AvgIpc) is 3.30. The molecule has 1 aromatic carbocycles. The molecule has 2 saturated heterocycles. The summed E-state index contributed by atoms with van der Waals surface area (Å²) in [5.74, 6) is 0.0724. The van der Waals surface area contributed by atoms with Gasteiger partial charge < -0.3 is 4.90 Å². The van der Waals surface area contributed by atoms with Gasteiger partial charge in [0.2, 0.25) is 15.9 Å². The van der Waals surface area contributed by atoms with Gasteiger partial charge in [0.15, 0.2) is 0 Å². The summed E-state index contributed by atoms with van der Waals surface area (Å²) in [5, 5.41) is 0.498. The van der Waals surface area contributed by atoms with Crippen LogP contribution in [0.1, 0.15) is 38.5 Å². The molecule has 3 fully saturated rings. The molecule has 0 atom stereocenters. The maximum Gasteiger partial charge on any atom is 0.244 e. The van der Waals surface area contributed by atoms with Crippen LogP contribution in [0.3, 0.4) is 0 Å². The Kier molecular flexibility index (Phi) is 6.95. The smallest absolute Gasteiger partial charge is 0.244 e. The topological polar surface area (TPSA) is 60.9 Å². The van der Waals surface area contributed by atoms with Crippen LogP contribution in [0.25, 0.3) is 0 Å². The number of benzene rings is 1. The first-order chi connectivity index (χ1) is 14.4. The van der Waals surface area contributed by atoms with Crippen molar-refractivity contribution in [3.05, 3.63) is 28.2 Å². The lowest BCUT2D eigenvalue weighted by Crippen LogP contribution is -2.53. The molecule has 166 valence electrons. The summed E-state index contributed by atoms with van der Waals surface area (Å²) in [6.07, 6.45) is 6.31. The molecule has 1 aliphatic carbocycles. The molecule has 0 N–H and O–H groups in total. The number of amides is 1. The summed E-state index contributed by atoms with van der Waals surface area (Å²) in [7, 11) is -3.72. The van der Waals surface area contributed by atoms with Crippen LogP contribution < -0.4 is 0 Å². The summed E-state index contributed by atoms with van der Waals surface area (Å²) < 4.78 is 27.4. The molecule has 1 saturated carbocycles. The average molecular weight is 474 g/mol. The number of piperazine rings is 1. The van der Waals surface area contributed by atoms with Gasteiger partial charge in [0, 0.05) is 56.3 Å². The zero-order valence-electron chi connectivity index (χ0n) is 17.1. The Morgan fingerprint density at radius 2 is 1.53 bits per heavy atom. The van der Waals surface area contributed by atoms with Crippen LogP contribution in [0.4, 0.5) is 0 Å². The van der Waals surface area contributed by atoms with E-state index < -0.39 is 10.0 Å². The highest BCUT2D eigenvalue weighted by molar-refractivity contribution is 7.89. The lowest BCUT2D eigenvalue weighted by Gasteiger charge is -2.40. The molecular formula is C21H29Cl2N3O3S. The molecule has 30 heavy (non-hydrogen) atoms. The van der Waals surface area contributed by atoms with Gasteiger partial charge in [-0.1, -0.05) is 36.0 Å². The number of hydrogen-bond donors (Lipinski definition) is 0. The van der Waals surface area contributed by atoms with E-state index >= 15 is 0 Å². The number of nitrogens with zero attached hydrogens (tertiary/aromatic N) is 3. The second kappa shape index (κ2) is 9.33. The minimum Gasteiger partial charge on any atom is -0.340 e. The Morgan fingerprint density at radius 3 is 2.17 bits per heavy atom. The van der Waals surface area contributed by atoms with Gasteiger partial charge in [0.25, 0.3) is 0 Å². The van der Waals surface area contributed by atoms with E-state index in [1.165, 1.54) is 42.1 Å². The Labute approximate surface area is 189 Å². The van der Waals surface area contributed by atoms with Crippen LogP contribution in [0.15, 0.2) is 23.1 Å². The summed E-state index contributed by atoms with van der Waals surface area (Å²) in [5.41, 5.74) is 0. The standard InChI is InChI=1S/C21H29Cl2N3O3S/c22-17-5-6-19(23)20(15-17)30(28,29)26-9-7-16(8-10-26)21(27)25-13-11-24(12-14-25)18-3-1-2-4-18/h5-6,15-16,18H,1-4,7-14H2. The zero-order chi connectivity index (χ0) is 21.3. The van der Waals surface area contributed by atoms with E-state index in [9.17, 15) is 13.2 Å². The zero-order valence-corrected chi connectivity index (χ0v) is 19.4. The van der Waals surface area contributed by atoms with E-state index in [1.807, 2.05) is 4.90 Å². The third-order valence-corrected chi connectivity index (χ3v) is 9.40. The fourth-order valence-corrected chi connectivity index (χ4v) is 7.20. The Balaban J connectivity index is 1.32. The second-order valence-corrected chi connectivity index (χ2v) is 11.3. The first kappa shape index (κ1) is 22.3. The molecule has 0 radical (unpaired) electrons. The van der Waals surface area contributed by atoms with Crippen LogP contribution in [0.5, 0.6) is 0 Å². The summed E-state index contributed by atoms with van der Waals surface area (Å²) in [6.45, 7) is 4.12. The van der Waals surface area contributed by atoms with Crippen molar-refractivity contribution >= 4 is 39.1 Å². The Hall–Kier alpha value is -0.860. The quantitative estimate of drug-likeness (QED) is 0.671. The maximum absolute atomic E-state index is 13.0. The van der Waals surface area contributed by atoms with Crippen molar-refractivity contribution < 1.29 is 13.2 Å². The van der Waals surface area contributed by atoms with Crippen molar-refractivity contribution in [3.63, 3.8) is 0 Å². The highest BCUT2D eigenvalue weighted by atomic mass is 35.5. The number of rotatable bonds is 4. The number of halogens is 2. The molecule has 2 heterocycles. The molecule has 0 aromatic heterocycles. The summed E-state index contributed by atoms with van der Waals surface area (Å²) in [6, 6.07) is 5.16. The molecule has 9 heteroatoms. The first-order valence-electron chi connectivity index (χ1n) is 10.8. The van der Waals surface area contributed by atoms with Crippen molar-refractivity contribution in [1.29, 1.82) is 0 Å². The van der Waals surface area contributed by atoms with Crippen molar-refractivity contribution in [3.8, 4) is 0 Å². The summed E-state index contributed by atoms with van der Waals surface area (Å²) in [4.78, 5) is 17.6. The van der Waals surface area contributed by atoms with Gasteiger partial charge >= 0.3 is 0 Å². The second-order valence-electron chi connectivity index (χ2n) is 8.55. The minimum atomic E-state index is -3.72. The molecule has 0 spiro atoms. The van der Waals surface area contributed by atoms with Crippen LogP contribution in [0.2, 0.25) is 10.0 Å². The fourth-order valence-electron chi connectivity index (χ4n) is 4.99. The molecule has 2 aliphatic heterocycles. The molecule has 3 aliphatic rings. The number of sulfonamides is 1. The SMILES string of the molecule is O=C(C1CCN(S(=O)(=O)c2cc(Cl)ccc2Cl)CC1)N1CCN(C2CCCC2)CC1. The molecular weight excluding hydrogens is 445 g/mol. The van der Waals surface area contributed by atoms with Crippen LogP contribution in [0, 0.1) is 5.92 Å². The van der Waals surface area contributed by atoms with Crippen LogP contribution >= 0.6 is 23.2 Å². The van der Waals surface area contributed by atoms with Gasteiger partial charge in [0.05, 0.1) is 5.02 Å². The van der Waals surface area contributed by atoms with E-state index in [4.69, 9.17) is 23.2 Å². The van der Waals surface area contributed by atoms with Gasteiger partial charge in [-0.05, 0) is 43.9 Å². The molecule has 0 bridgehead atoms. The van der Waals surface area contributed by atoms with Gasteiger partial charge in [0.1, 0.15) is 4.90 Å². The normalized spacial score (nSPS) is 23.2. The largest absolute Gasteiger partial charge is 0.340 e. The third-order valence-electron chi connectivity index (χ3n) is 6.78. The van der Waals surface area contributed by atoms with Gasteiger partial charge in [-0.3, -0.25) is 9.69 Å². The van der Waals surface area contributed by atoms with Crippen molar-refractivity contribution in [2.24, 2.45) is 5.92 Å². The number of carbonyl (C=O) groups excluding carboxylic acids is 1. The van der Waals surface area contributed by atoms with Crippen molar-refractivity contribution in [2.75, 3.05) is 39.3 Å². The predicted octanol–water partition coefficient (Wildman–Crippen LogP) is 3.48.